The molecule has 2 N–H and O–H groups in total. The Kier molecular flexibility index (Phi) is 3.30. The average molecular weight is 287 g/mol. The summed E-state index contributed by atoms with van der Waals surface area (Å²) in [5, 5.41) is 3.75. The van der Waals surface area contributed by atoms with Crippen LogP contribution in [0.2, 0.25) is 5.15 Å². The van der Waals surface area contributed by atoms with Crippen molar-refractivity contribution in [3.63, 3.8) is 0 Å². The number of nitrogens with two attached hydrogens (primary N) is 1. The molecule has 1 aromatic carbocycles. The fraction of sp³-hybridized carbons (Fsp3) is 0.182. The van der Waals surface area contributed by atoms with Gasteiger partial charge >= 0.3 is 0 Å². The van der Waals surface area contributed by atoms with Crippen molar-refractivity contribution in [2.75, 3.05) is 19.1 Å². The molecule has 0 aliphatic carbocycles. The first kappa shape index (κ1) is 12.6. The van der Waals surface area contributed by atoms with Gasteiger partial charge in [0, 0.05) is 21.9 Å². The molecule has 2 aromatic rings. The molecule has 1 heterocycles. The molecule has 1 aromatic heterocycles. The third-order valence-corrected chi connectivity index (χ3v) is 5.10. The molecule has 0 bridgehead atoms. The zero-order valence-corrected chi connectivity index (χ0v) is 11.9. The highest BCUT2D eigenvalue weighted by Crippen LogP contribution is 2.38. The molecule has 0 spiro atoms. The van der Waals surface area contributed by atoms with Gasteiger partial charge in [0.15, 0.2) is 0 Å². The van der Waals surface area contributed by atoms with Gasteiger partial charge < -0.3 is 10.3 Å². The quantitative estimate of drug-likeness (QED) is 0.681. The molecule has 0 fully saturated rings. The summed E-state index contributed by atoms with van der Waals surface area (Å²) in [5.41, 5.74) is 7.30. The highest BCUT2D eigenvalue weighted by molar-refractivity contribution is 7.70. The molecular formula is C11H12ClN2OPS. The number of halogens is 1. The van der Waals surface area contributed by atoms with Gasteiger partial charge in [0.05, 0.1) is 0 Å². The summed E-state index contributed by atoms with van der Waals surface area (Å²) in [6, 6.07) is 5.47. The van der Waals surface area contributed by atoms with Crippen LogP contribution in [-0.2, 0) is 4.57 Å². The largest absolute Gasteiger partial charge is 0.398 e. The second kappa shape index (κ2) is 4.45. The lowest BCUT2D eigenvalue weighted by Crippen LogP contribution is -2.09. The minimum absolute atomic E-state index is 0.472. The monoisotopic (exact) mass is 286 g/mol. The number of nitrogen functional groups attached to an aromatic ring is 1. The fourth-order valence-electron chi connectivity index (χ4n) is 1.53. The summed E-state index contributed by atoms with van der Waals surface area (Å²) in [4.78, 5) is 4.19. The first-order valence-electron chi connectivity index (χ1n) is 4.94. The summed E-state index contributed by atoms with van der Waals surface area (Å²) < 4.78 is 12.1. The minimum Gasteiger partial charge on any atom is -0.398 e. The van der Waals surface area contributed by atoms with E-state index in [0.717, 1.165) is 10.6 Å². The molecule has 0 saturated carbocycles. The van der Waals surface area contributed by atoms with Crippen molar-refractivity contribution in [3.8, 4) is 10.6 Å². The first-order valence-corrected chi connectivity index (χ1v) is 8.80. The topological polar surface area (TPSA) is 56.0 Å². The number of thiazole rings is 1. The molecule has 0 aliphatic heterocycles. The van der Waals surface area contributed by atoms with Crippen LogP contribution < -0.4 is 11.0 Å². The molecule has 0 aliphatic rings. The van der Waals surface area contributed by atoms with Crippen molar-refractivity contribution >= 4 is 41.1 Å². The molecule has 90 valence electrons. The lowest BCUT2D eigenvalue weighted by atomic mass is 10.2. The number of nitrogens with zero attached hydrogens (tertiary/aromatic N) is 1. The zero-order valence-electron chi connectivity index (χ0n) is 9.48. The van der Waals surface area contributed by atoms with Gasteiger partial charge in [-0.05, 0) is 31.5 Å². The van der Waals surface area contributed by atoms with Gasteiger partial charge in [-0.25, -0.2) is 4.98 Å². The molecule has 0 unspecified atom stereocenters. The van der Waals surface area contributed by atoms with Crippen LogP contribution in [0.4, 0.5) is 5.69 Å². The molecule has 2 rings (SSSR count). The van der Waals surface area contributed by atoms with Crippen molar-refractivity contribution in [1.82, 2.24) is 4.98 Å². The number of aromatic nitrogens is 1. The third kappa shape index (κ3) is 2.71. The Morgan fingerprint density at radius 1 is 1.41 bits per heavy atom. The van der Waals surface area contributed by atoms with Crippen molar-refractivity contribution < 1.29 is 4.57 Å². The van der Waals surface area contributed by atoms with Gasteiger partial charge in [0.2, 0.25) is 0 Å². The van der Waals surface area contributed by atoms with Crippen LogP contribution >= 0.6 is 30.1 Å². The van der Waals surface area contributed by atoms with Crippen LogP contribution in [0, 0.1) is 0 Å². The number of benzene rings is 1. The second-order valence-corrected chi connectivity index (χ2v) is 8.53. The Hall–Kier alpha value is -0.830. The van der Waals surface area contributed by atoms with E-state index in [9.17, 15) is 4.57 Å². The molecule has 0 saturated heterocycles. The Bertz CT molecular complexity index is 605. The SMILES string of the molecule is CP(C)(=O)c1cc(-c2nc(Cl)cs2)ccc1N. The molecule has 0 amide bonds. The Morgan fingerprint density at radius 2 is 2.12 bits per heavy atom. The Labute approximate surface area is 109 Å². The predicted molar refractivity (Wildman–Crippen MR) is 76.1 cm³/mol. The van der Waals surface area contributed by atoms with Crippen molar-refractivity contribution in [2.45, 2.75) is 0 Å². The van der Waals surface area contributed by atoms with Gasteiger partial charge in [0.1, 0.15) is 17.3 Å². The van der Waals surface area contributed by atoms with Gasteiger partial charge in [0.25, 0.3) is 0 Å². The van der Waals surface area contributed by atoms with E-state index in [4.69, 9.17) is 17.3 Å². The summed E-state index contributed by atoms with van der Waals surface area (Å²) in [6.07, 6.45) is 0. The maximum Gasteiger partial charge on any atom is 0.140 e. The van der Waals surface area contributed by atoms with Crippen molar-refractivity contribution in [3.05, 3.63) is 28.7 Å². The molecular weight excluding hydrogens is 275 g/mol. The van der Waals surface area contributed by atoms with Gasteiger partial charge in [-0.2, -0.15) is 0 Å². The smallest absolute Gasteiger partial charge is 0.140 e. The van der Waals surface area contributed by atoms with E-state index in [2.05, 4.69) is 4.98 Å². The zero-order chi connectivity index (χ0) is 12.6. The highest BCUT2D eigenvalue weighted by atomic mass is 35.5. The number of anilines is 1. The molecule has 3 nitrogen and oxygen atoms in total. The lowest BCUT2D eigenvalue weighted by Gasteiger charge is -2.11. The van der Waals surface area contributed by atoms with Crippen molar-refractivity contribution in [2.24, 2.45) is 0 Å². The first-order chi connectivity index (χ1) is 7.88. The van der Waals surface area contributed by atoms with Crippen LogP contribution in [0.25, 0.3) is 10.6 Å². The Morgan fingerprint density at radius 3 is 2.65 bits per heavy atom. The van der Waals surface area contributed by atoms with Crippen LogP contribution in [0.5, 0.6) is 0 Å². The van der Waals surface area contributed by atoms with E-state index >= 15 is 0 Å². The van der Waals surface area contributed by atoms with E-state index < -0.39 is 7.14 Å². The third-order valence-electron chi connectivity index (χ3n) is 2.33. The maximum atomic E-state index is 12.1. The maximum absolute atomic E-state index is 12.1. The van der Waals surface area contributed by atoms with Crippen LogP contribution in [0.3, 0.4) is 0 Å². The molecule has 17 heavy (non-hydrogen) atoms. The van der Waals surface area contributed by atoms with E-state index in [1.165, 1.54) is 11.3 Å². The molecule has 0 radical (unpaired) electrons. The molecule has 6 heteroatoms. The normalized spacial score (nSPS) is 11.7. The van der Waals surface area contributed by atoms with E-state index in [1.54, 1.807) is 24.8 Å². The van der Waals surface area contributed by atoms with E-state index in [-0.39, 0.29) is 0 Å². The Balaban J connectivity index is 2.55. The van der Waals surface area contributed by atoms with Gasteiger partial charge in [-0.3, -0.25) is 0 Å². The standard InChI is InChI=1S/C11H12ClN2OPS/c1-16(2,15)9-5-7(3-4-8(9)13)11-14-10(12)6-17-11/h3-6H,13H2,1-2H3. The predicted octanol–water partition coefficient (Wildman–Crippen LogP) is 3.29. The number of hydrogen-bond acceptors (Lipinski definition) is 4. The summed E-state index contributed by atoms with van der Waals surface area (Å²) in [7, 11) is -2.38. The van der Waals surface area contributed by atoms with Gasteiger partial charge in [-0.1, -0.05) is 11.6 Å². The average Bonchev–Trinajstić information content (AvgIpc) is 2.64. The second-order valence-electron chi connectivity index (χ2n) is 4.10. The number of rotatable bonds is 2. The van der Waals surface area contributed by atoms with E-state index in [0.29, 0.717) is 16.1 Å². The van der Waals surface area contributed by atoms with E-state index in [1.807, 2.05) is 12.1 Å². The summed E-state index contributed by atoms with van der Waals surface area (Å²) >= 11 is 7.25. The minimum atomic E-state index is -2.38. The van der Waals surface area contributed by atoms with Crippen molar-refractivity contribution in [1.29, 1.82) is 0 Å². The van der Waals surface area contributed by atoms with Crippen LogP contribution in [0.1, 0.15) is 0 Å². The van der Waals surface area contributed by atoms with Crippen LogP contribution in [-0.4, -0.2) is 18.3 Å². The highest BCUT2D eigenvalue weighted by Gasteiger charge is 2.16. The van der Waals surface area contributed by atoms with Gasteiger partial charge in [-0.15, -0.1) is 11.3 Å². The summed E-state index contributed by atoms with van der Waals surface area (Å²) in [5.74, 6) is 0. The summed E-state index contributed by atoms with van der Waals surface area (Å²) in [6.45, 7) is 3.41. The fourth-order valence-corrected chi connectivity index (χ4v) is 3.62. The molecule has 0 atom stereocenters. The van der Waals surface area contributed by atoms with Crippen LogP contribution in [0.15, 0.2) is 23.6 Å². The number of hydrogen-bond donors (Lipinski definition) is 1. The lowest BCUT2D eigenvalue weighted by molar-refractivity contribution is 0.588.